The molecule has 0 aromatic heterocycles. The molecule has 0 aliphatic carbocycles. The van der Waals surface area contributed by atoms with Crippen molar-refractivity contribution < 1.29 is 9.18 Å². The first kappa shape index (κ1) is 11.7. The molecule has 0 bridgehead atoms. The fourth-order valence-electron chi connectivity index (χ4n) is 1.46. The first-order valence-electron chi connectivity index (χ1n) is 4.31. The zero-order valence-electron chi connectivity index (χ0n) is 8.40. The number of aldehydes is 1. The third-order valence-electron chi connectivity index (χ3n) is 2.49. The van der Waals surface area contributed by atoms with E-state index in [0.29, 0.717) is 23.0 Å². The summed E-state index contributed by atoms with van der Waals surface area (Å²) in [5.41, 5.74) is 1.32. The average molecular weight is 226 g/mol. The molecule has 0 saturated carbocycles. The monoisotopic (exact) mass is 225 g/mol. The van der Waals surface area contributed by atoms with Gasteiger partial charge in [-0.25, -0.2) is 4.39 Å². The van der Waals surface area contributed by atoms with Gasteiger partial charge in [0.1, 0.15) is 5.82 Å². The van der Waals surface area contributed by atoms with Gasteiger partial charge in [-0.1, -0.05) is 0 Å². The van der Waals surface area contributed by atoms with E-state index in [2.05, 4.69) is 0 Å². The van der Waals surface area contributed by atoms with Gasteiger partial charge in [0.25, 0.3) is 0 Å². The van der Waals surface area contributed by atoms with Crippen LogP contribution in [0.25, 0.3) is 0 Å². The maximum Gasteiger partial charge on any atom is 0.153 e. The van der Waals surface area contributed by atoms with E-state index in [9.17, 15) is 9.18 Å². The van der Waals surface area contributed by atoms with Crippen molar-refractivity contribution >= 4 is 17.9 Å². The van der Waals surface area contributed by atoms with Gasteiger partial charge in [-0.2, -0.15) is 5.26 Å². The first-order chi connectivity index (χ1) is 7.08. The maximum absolute atomic E-state index is 13.6. The topological polar surface area (TPSA) is 40.9 Å². The summed E-state index contributed by atoms with van der Waals surface area (Å²) in [4.78, 5) is 10.7. The third-order valence-corrected chi connectivity index (χ3v) is 2.76. The summed E-state index contributed by atoms with van der Waals surface area (Å²) in [6, 6.07) is 1.95. The highest BCUT2D eigenvalue weighted by Gasteiger charge is 2.18. The molecule has 0 aliphatic heterocycles. The molecule has 2 nitrogen and oxygen atoms in total. The summed E-state index contributed by atoms with van der Waals surface area (Å²) in [5, 5.41) is 8.92. The molecule has 0 heterocycles. The van der Waals surface area contributed by atoms with Crippen LogP contribution in [0.2, 0.25) is 0 Å². The Kier molecular flexibility index (Phi) is 3.43. The Morgan fingerprint density at radius 3 is 2.47 bits per heavy atom. The highest BCUT2D eigenvalue weighted by molar-refractivity contribution is 6.17. The molecule has 0 unspecified atom stereocenters. The molecule has 0 amide bonds. The summed E-state index contributed by atoms with van der Waals surface area (Å²) in [7, 11) is 0. The van der Waals surface area contributed by atoms with E-state index in [1.807, 2.05) is 6.07 Å². The number of alkyl halides is 1. The van der Waals surface area contributed by atoms with Crippen LogP contribution in [0.4, 0.5) is 4.39 Å². The minimum absolute atomic E-state index is 0.0466. The van der Waals surface area contributed by atoms with Gasteiger partial charge in [-0.05, 0) is 30.5 Å². The Balaban J connectivity index is 3.76. The van der Waals surface area contributed by atoms with Crippen LogP contribution in [0.5, 0.6) is 0 Å². The van der Waals surface area contributed by atoms with Crippen LogP contribution < -0.4 is 0 Å². The number of nitrogens with zero attached hydrogens (tertiary/aromatic N) is 1. The molecule has 0 atom stereocenters. The van der Waals surface area contributed by atoms with Crippen LogP contribution in [0.3, 0.4) is 0 Å². The van der Waals surface area contributed by atoms with E-state index < -0.39 is 5.82 Å². The van der Waals surface area contributed by atoms with Crippen LogP contribution in [0.1, 0.15) is 32.6 Å². The lowest BCUT2D eigenvalue weighted by Crippen LogP contribution is -2.05. The SMILES string of the molecule is Cc1c(C)c(C#N)c(CCl)c(C=O)c1F. The van der Waals surface area contributed by atoms with Crippen LogP contribution in [0.15, 0.2) is 0 Å². The van der Waals surface area contributed by atoms with Crippen molar-refractivity contribution in [1.29, 1.82) is 5.26 Å². The molecule has 4 heteroatoms. The van der Waals surface area contributed by atoms with Crippen LogP contribution in [-0.2, 0) is 5.88 Å². The van der Waals surface area contributed by atoms with Gasteiger partial charge in [0.15, 0.2) is 6.29 Å². The number of carbonyl (C=O) groups excluding carboxylic acids is 1. The fraction of sp³-hybridized carbons (Fsp3) is 0.273. The molecule has 0 N–H and O–H groups in total. The standard InChI is InChI=1S/C11H9ClFNO/c1-6-7(2)11(13)10(5-15)8(3-12)9(6)4-14/h5H,3H2,1-2H3. The normalized spacial score (nSPS) is 9.80. The molecule has 0 radical (unpaired) electrons. The summed E-state index contributed by atoms with van der Waals surface area (Å²) >= 11 is 5.61. The van der Waals surface area contributed by atoms with Gasteiger partial charge in [0.05, 0.1) is 17.2 Å². The average Bonchev–Trinajstić information content (AvgIpc) is 2.25. The summed E-state index contributed by atoms with van der Waals surface area (Å²) < 4.78 is 13.6. The van der Waals surface area contributed by atoms with Gasteiger partial charge >= 0.3 is 0 Å². The molecule has 0 aliphatic rings. The fourth-order valence-corrected chi connectivity index (χ4v) is 1.74. The number of benzene rings is 1. The largest absolute Gasteiger partial charge is 0.298 e. The van der Waals surface area contributed by atoms with Crippen molar-refractivity contribution in [2.24, 2.45) is 0 Å². The molecular formula is C11H9ClFNO. The van der Waals surface area contributed by atoms with Crippen molar-refractivity contribution in [1.82, 2.24) is 0 Å². The summed E-state index contributed by atoms with van der Waals surface area (Å²) in [5.74, 6) is -0.633. The van der Waals surface area contributed by atoms with E-state index in [1.165, 1.54) is 6.92 Å². The molecule has 15 heavy (non-hydrogen) atoms. The third kappa shape index (κ3) is 1.73. The zero-order chi connectivity index (χ0) is 11.6. The Morgan fingerprint density at radius 2 is 2.07 bits per heavy atom. The molecule has 1 aromatic carbocycles. The molecule has 1 rings (SSSR count). The van der Waals surface area contributed by atoms with Gasteiger partial charge in [-0.3, -0.25) is 4.79 Å². The second-order valence-electron chi connectivity index (χ2n) is 3.19. The smallest absolute Gasteiger partial charge is 0.153 e. The lowest BCUT2D eigenvalue weighted by molar-refractivity contribution is 0.111. The Bertz CT molecular complexity index is 463. The van der Waals surface area contributed by atoms with E-state index in [1.54, 1.807) is 6.92 Å². The molecule has 1 aromatic rings. The quantitative estimate of drug-likeness (QED) is 0.574. The van der Waals surface area contributed by atoms with Crippen molar-refractivity contribution in [3.05, 3.63) is 33.6 Å². The molecule has 0 fully saturated rings. The second-order valence-corrected chi connectivity index (χ2v) is 3.46. The van der Waals surface area contributed by atoms with Crippen LogP contribution in [-0.4, -0.2) is 6.29 Å². The minimum Gasteiger partial charge on any atom is -0.298 e. The highest BCUT2D eigenvalue weighted by Crippen LogP contribution is 2.26. The van der Waals surface area contributed by atoms with E-state index in [0.717, 1.165) is 0 Å². The van der Waals surface area contributed by atoms with Gasteiger partial charge < -0.3 is 0 Å². The van der Waals surface area contributed by atoms with Crippen LogP contribution in [0, 0.1) is 31.0 Å². The van der Waals surface area contributed by atoms with E-state index >= 15 is 0 Å². The predicted molar refractivity (Wildman–Crippen MR) is 55.5 cm³/mol. The number of hydrogen-bond acceptors (Lipinski definition) is 2. The molecule has 78 valence electrons. The maximum atomic E-state index is 13.6. The zero-order valence-corrected chi connectivity index (χ0v) is 9.15. The Morgan fingerprint density at radius 1 is 1.47 bits per heavy atom. The molecule has 0 saturated heterocycles. The van der Waals surface area contributed by atoms with Gasteiger partial charge in [0.2, 0.25) is 0 Å². The van der Waals surface area contributed by atoms with Gasteiger partial charge in [-0.15, -0.1) is 11.6 Å². The van der Waals surface area contributed by atoms with Crippen molar-refractivity contribution in [2.45, 2.75) is 19.7 Å². The number of halogens is 2. The minimum atomic E-state index is -0.586. The van der Waals surface area contributed by atoms with Gasteiger partial charge in [0, 0.05) is 5.88 Å². The lowest BCUT2D eigenvalue weighted by Gasteiger charge is -2.11. The highest BCUT2D eigenvalue weighted by atomic mass is 35.5. The van der Waals surface area contributed by atoms with Crippen molar-refractivity contribution in [2.75, 3.05) is 0 Å². The van der Waals surface area contributed by atoms with Crippen LogP contribution >= 0.6 is 11.6 Å². The summed E-state index contributed by atoms with van der Waals surface area (Å²) in [6.45, 7) is 3.18. The number of nitriles is 1. The number of rotatable bonds is 2. The van der Waals surface area contributed by atoms with E-state index in [-0.39, 0.29) is 17.0 Å². The Hall–Kier alpha value is -1.40. The second kappa shape index (κ2) is 4.41. The van der Waals surface area contributed by atoms with Crippen molar-refractivity contribution in [3.8, 4) is 6.07 Å². The predicted octanol–water partition coefficient (Wildman–Crippen LogP) is 2.87. The molecular weight excluding hydrogens is 217 g/mol. The number of hydrogen-bond donors (Lipinski definition) is 0. The Labute approximate surface area is 92.3 Å². The number of carbonyl (C=O) groups is 1. The van der Waals surface area contributed by atoms with E-state index in [4.69, 9.17) is 16.9 Å². The molecule has 0 spiro atoms. The first-order valence-corrected chi connectivity index (χ1v) is 4.84. The van der Waals surface area contributed by atoms with Crippen molar-refractivity contribution in [3.63, 3.8) is 0 Å². The summed E-state index contributed by atoms with van der Waals surface area (Å²) in [6.07, 6.45) is 0.403. The lowest BCUT2D eigenvalue weighted by atomic mass is 9.94.